The van der Waals surface area contributed by atoms with E-state index in [0.717, 1.165) is 45.3 Å². The summed E-state index contributed by atoms with van der Waals surface area (Å²) < 4.78 is 21.4. The number of methoxy groups -OCH3 is 3. The number of carbonyl (C=O) groups excluding carboxylic acids is 2. The summed E-state index contributed by atoms with van der Waals surface area (Å²) in [4.78, 5) is 29.9. The van der Waals surface area contributed by atoms with Crippen LogP contribution >= 0.6 is 0 Å². The first-order valence-corrected chi connectivity index (χ1v) is 17.1. The number of para-hydroxylation sites is 3. The van der Waals surface area contributed by atoms with Crippen molar-refractivity contribution in [3.8, 4) is 17.2 Å². The first kappa shape index (κ1) is 31.6. The molecule has 0 fully saturated rings. The second-order valence-electron chi connectivity index (χ2n) is 13.3. The number of amides is 1. The molecule has 2 heterocycles. The van der Waals surface area contributed by atoms with Crippen molar-refractivity contribution in [2.75, 3.05) is 32.8 Å². The molecule has 2 atom stereocenters. The van der Waals surface area contributed by atoms with Gasteiger partial charge in [-0.05, 0) is 76.2 Å². The first-order valence-electron chi connectivity index (χ1n) is 17.1. The summed E-state index contributed by atoms with van der Waals surface area (Å²) in [5, 5.41) is 2.15. The molecule has 0 spiro atoms. The van der Waals surface area contributed by atoms with Gasteiger partial charge in [0, 0.05) is 24.9 Å². The Morgan fingerprint density at radius 2 is 1.52 bits per heavy atom. The lowest BCUT2D eigenvalue weighted by atomic mass is 9.81. The summed E-state index contributed by atoms with van der Waals surface area (Å²) >= 11 is 0. The normalized spacial score (nSPS) is 16.2. The second-order valence-corrected chi connectivity index (χ2v) is 13.3. The average Bonchev–Trinajstić information content (AvgIpc) is 3.65. The van der Waals surface area contributed by atoms with Crippen LogP contribution in [0.2, 0.25) is 0 Å². The molecule has 0 radical (unpaired) electrons. The maximum absolute atomic E-state index is 14.3. The minimum Gasteiger partial charge on any atom is -0.495 e. The fourth-order valence-electron chi connectivity index (χ4n) is 8.28. The average molecular weight is 667 g/mol. The van der Waals surface area contributed by atoms with Gasteiger partial charge >= 0.3 is 0 Å². The Bertz CT molecular complexity index is 2310. The number of hydrogen-bond donors (Lipinski definition) is 0. The maximum atomic E-state index is 14.3. The lowest BCUT2D eigenvalue weighted by Crippen LogP contribution is -2.42. The lowest BCUT2D eigenvalue weighted by molar-refractivity contribution is -0.664. The van der Waals surface area contributed by atoms with Crippen LogP contribution in [0.3, 0.4) is 0 Å². The van der Waals surface area contributed by atoms with E-state index in [9.17, 15) is 9.59 Å². The highest BCUT2D eigenvalue weighted by molar-refractivity contribution is 5.99. The number of Topliss-reactive ketones (excluding diaryl/α,β-unsaturated/α-hetero) is 1. The Labute approximate surface area is 291 Å². The first-order chi connectivity index (χ1) is 24.4. The molecule has 252 valence electrons. The molecule has 8 rings (SSSR count). The monoisotopic (exact) mass is 666 g/mol. The zero-order chi connectivity index (χ0) is 34.5. The van der Waals surface area contributed by atoms with Gasteiger partial charge in [-0.15, -0.1) is 0 Å². The Morgan fingerprint density at radius 1 is 0.780 bits per heavy atom. The summed E-state index contributed by atoms with van der Waals surface area (Å²) in [5.41, 5.74) is 7.01. The van der Waals surface area contributed by atoms with E-state index in [-0.39, 0.29) is 30.1 Å². The Balaban J connectivity index is 1.08. The molecular weight excluding hydrogens is 626 g/mol. The Hall–Kier alpha value is -5.63. The number of imidazole rings is 1. The van der Waals surface area contributed by atoms with E-state index in [0.29, 0.717) is 42.3 Å². The third kappa shape index (κ3) is 5.18. The molecule has 5 aromatic carbocycles. The van der Waals surface area contributed by atoms with Gasteiger partial charge in [-0.2, -0.15) is 0 Å². The summed E-state index contributed by atoms with van der Waals surface area (Å²) in [6.45, 7) is 3.30. The number of nitrogens with zero attached hydrogens (tertiary/aromatic N) is 3. The maximum Gasteiger partial charge on any atom is 0.254 e. The molecule has 8 heteroatoms. The minimum absolute atomic E-state index is 0.0382. The molecule has 1 amide bonds. The van der Waals surface area contributed by atoms with Gasteiger partial charge in [-0.3, -0.25) is 9.59 Å². The molecule has 1 aromatic heterocycles. The number of rotatable bonds is 9. The number of aryl methyl sites for hydroxylation is 1. The second kappa shape index (κ2) is 12.7. The largest absolute Gasteiger partial charge is 0.495 e. The fourth-order valence-corrected chi connectivity index (χ4v) is 8.28. The van der Waals surface area contributed by atoms with Crippen molar-refractivity contribution < 1.29 is 28.4 Å². The zero-order valence-corrected chi connectivity index (χ0v) is 28.8. The van der Waals surface area contributed by atoms with Gasteiger partial charge in [0.15, 0.2) is 29.1 Å². The van der Waals surface area contributed by atoms with Crippen LogP contribution < -0.4 is 23.7 Å². The van der Waals surface area contributed by atoms with Crippen LogP contribution in [0.25, 0.3) is 21.8 Å². The SMILES string of the molecule is COc1cc2c(cc1OC)[C@@H]1c3cccc(OC)c3N(C(=O)CCn3c(C)[n+](CC(=O)c4ccc5ccccc5c4)c4ccccc43)C[C@@H]1C2. The molecule has 2 aliphatic rings. The number of ether oxygens (including phenoxy) is 3. The molecule has 0 unspecified atom stereocenters. The summed E-state index contributed by atoms with van der Waals surface area (Å²) in [7, 11) is 4.98. The standard InChI is InChI=1S/C42H40N3O5/c1-26-43(34-13-7-8-14-35(34)44(26)25-36(46)29-17-16-27-10-5-6-11-28(27)20-29)19-18-40(47)45-24-31-21-30-22-38(49-3)39(50-4)23-33(30)41(31)32-12-9-15-37(48-2)42(32)45/h5-17,20,22-23,31,41H,18-19,21,24-25H2,1-4H3/q+1/t31-,41-/m0/s1. The quantitative estimate of drug-likeness (QED) is 0.122. The summed E-state index contributed by atoms with van der Waals surface area (Å²) in [5.74, 6) is 3.46. The molecule has 8 nitrogen and oxygen atoms in total. The zero-order valence-electron chi connectivity index (χ0n) is 28.8. The molecule has 0 saturated heterocycles. The third-order valence-corrected chi connectivity index (χ3v) is 10.7. The van der Waals surface area contributed by atoms with Crippen LogP contribution in [0, 0.1) is 12.8 Å². The highest BCUT2D eigenvalue weighted by atomic mass is 16.5. The van der Waals surface area contributed by atoms with E-state index in [2.05, 4.69) is 39.5 Å². The third-order valence-electron chi connectivity index (χ3n) is 10.7. The van der Waals surface area contributed by atoms with Crippen molar-refractivity contribution in [3.63, 3.8) is 0 Å². The molecule has 1 aliphatic carbocycles. The summed E-state index contributed by atoms with van der Waals surface area (Å²) in [6.07, 6.45) is 1.13. The van der Waals surface area contributed by atoms with Gasteiger partial charge in [0.1, 0.15) is 5.75 Å². The van der Waals surface area contributed by atoms with E-state index in [1.54, 1.807) is 21.3 Å². The molecule has 0 saturated carbocycles. The van der Waals surface area contributed by atoms with Crippen molar-refractivity contribution in [1.29, 1.82) is 0 Å². The van der Waals surface area contributed by atoms with E-state index in [1.165, 1.54) is 11.1 Å². The lowest BCUT2D eigenvalue weighted by Gasteiger charge is -2.38. The highest BCUT2D eigenvalue weighted by Crippen LogP contribution is 2.53. The molecule has 0 N–H and O–H groups in total. The van der Waals surface area contributed by atoms with Crippen molar-refractivity contribution in [1.82, 2.24) is 4.57 Å². The van der Waals surface area contributed by atoms with Crippen molar-refractivity contribution in [3.05, 3.63) is 125 Å². The Kier molecular flexibility index (Phi) is 8.02. The van der Waals surface area contributed by atoms with Crippen LogP contribution in [0.4, 0.5) is 5.69 Å². The number of ketones is 1. The van der Waals surface area contributed by atoms with Crippen LogP contribution in [0.15, 0.2) is 97.1 Å². The molecule has 0 bridgehead atoms. The molecule has 1 aliphatic heterocycles. The number of aromatic nitrogens is 2. The van der Waals surface area contributed by atoms with Crippen LogP contribution in [-0.2, 0) is 24.3 Å². The van der Waals surface area contributed by atoms with Gasteiger partial charge < -0.3 is 19.1 Å². The molecule has 6 aromatic rings. The summed E-state index contributed by atoms with van der Waals surface area (Å²) in [6, 6.07) is 32.3. The van der Waals surface area contributed by atoms with E-state index in [1.807, 2.05) is 78.6 Å². The minimum atomic E-state index is 0.0382. The van der Waals surface area contributed by atoms with Gasteiger partial charge in [0.2, 0.25) is 11.7 Å². The predicted molar refractivity (Wildman–Crippen MR) is 194 cm³/mol. The number of fused-ring (bicyclic) bond motifs is 7. The smallest absolute Gasteiger partial charge is 0.254 e. The van der Waals surface area contributed by atoms with E-state index < -0.39 is 0 Å². The van der Waals surface area contributed by atoms with Gasteiger partial charge in [0.05, 0.1) is 40.0 Å². The molecular formula is C42H40N3O5+. The molecule has 50 heavy (non-hydrogen) atoms. The Morgan fingerprint density at radius 3 is 2.32 bits per heavy atom. The van der Waals surface area contributed by atoms with Gasteiger partial charge in [-0.1, -0.05) is 60.7 Å². The highest BCUT2D eigenvalue weighted by Gasteiger charge is 2.43. The van der Waals surface area contributed by atoms with Crippen molar-refractivity contribution in [2.45, 2.75) is 38.8 Å². The van der Waals surface area contributed by atoms with Crippen molar-refractivity contribution >= 4 is 39.2 Å². The number of hydrogen-bond acceptors (Lipinski definition) is 5. The number of benzene rings is 5. The van der Waals surface area contributed by atoms with Crippen LogP contribution in [-0.4, -0.2) is 44.1 Å². The topological polar surface area (TPSA) is 73.9 Å². The van der Waals surface area contributed by atoms with E-state index in [4.69, 9.17) is 14.2 Å². The van der Waals surface area contributed by atoms with E-state index >= 15 is 0 Å². The van der Waals surface area contributed by atoms with Crippen LogP contribution in [0.5, 0.6) is 17.2 Å². The predicted octanol–water partition coefficient (Wildman–Crippen LogP) is 7.04. The van der Waals surface area contributed by atoms with Crippen LogP contribution in [0.1, 0.15) is 45.2 Å². The number of anilines is 1. The number of carbonyl (C=O) groups is 2. The fraction of sp³-hybridized carbons (Fsp3) is 0.262. The van der Waals surface area contributed by atoms with Gasteiger partial charge in [0.25, 0.3) is 5.82 Å². The van der Waals surface area contributed by atoms with Crippen molar-refractivity contribution in [2.24, 2.45) is 5.92 Å². The van der Waals surface area contributed by atoms with Gasteiger partial charge in [-0.25, -0.2) is 9.13 Å².